The summed E-state index contributed by atoms with van der Waals surface area (Å²) in [5.41, 5.74) is 4.79. The minimum Gasteiger partial charge on any atom is -0.0654 e. The third-order valence-electron chi connectivity index (χ3n) is 5.15. The zero-order valence-electron chi connectivity index (χ0n) is 16.8. The van der Waals surface area contributed by atoms with Crippen LogP contribution in [-0.2, 0) is 19.3 Å². The van der Waals surface area contributed by atoms with Crippen LogP contribution in [0.3, 0.4) is 0 Å². The third kappa shape index (κ3) is 8.90. The molecule has 0 unspecified atom stereocenters. The summed E-state index contributed by atoms with van der Waals surface area (Å²) in [5.74, 6) is 0. The van der Waals surface area contributed by atoms with Gasteiger partial charge in [0, 0.05) is 0 Å². The van der Waals surface area contributed by atoms with Crippen molar-refractivity contribution in [3.8, 4) is 0 Å². The molecule has 0 aliphatic rings. The zero-order valence-corrected chi connectivity index (χ0v) is 16.8. The molecule has 0 aliphatic carbocycles. The molecule has 0 spiro atoms. The van der Waals surface area contributed by atoms with Crippen LogP contribution < -0.4 is 0 Å². The Morgan fingerprint density at radius 2 is 1.21 bits per heavy atom. The van der Waals surface area contributed by atoms with Gasteiger partial charge in [-0.15, -0.1) is 0 Å². The second-order valence-corrected chi connectivity index (χ2v) is 7.39. The molecular weight excluding hydrogens is 288 g/mol. The van der Waals surface area contributed by atoms with Crippen LogP contribution in [0.4, 0.5) is 0 Å². The number of unbranched alkanes of at least 4 members (excludes halogenated alkanes) is 9. The quantitative estimate of drug-likeness (QED) is 0.287. The van der Waals surface area contributed by atoms with E-state index in [0.29, 0.717) is 0 Å². The molecule has 0 fully saturated rings. The van der Waals surface area contributed by atoms with Gasteiger partial charge in [-0.2, -0.15) is 0 Å². The van der Waals surface area contributed by atoms with Gasteiger partial charge in [-0.25, -0.2) is 0 Å². The number of aryl methyl sites for hydroxylation is 2. The predicted molar refractivity (Wildman–Crippen MR) is 109 cm³/mol. The standard InChI is InChI=1S/C24H41/c1-4-7-10-11-12-13-14-15-18-23-20-16-19-22(17-8-5-2)24(23)21-9-6-3/h16,19H,4-15,17-18,21H2,1-3H3. The lowest BCUT2D eigenvalue weighted by molar-refractivity contribution is 0.574. The van der Waals surface area contributed by atoms with E-state index in [4.69, 9.17) is 0 Å². The van der Waals surface area contributed by atoms with E-state index in [-0.39, 0.29) is 0 Å². The monoisotopic (exact) mass is 329 g/mol. The van der Waals surface area contributed by atoms with Crippen molar-refractivity contribution in [1.82, 2.24) is 0 Å². The Kier molecular flexibility index (Phi) is 12.9. The lowest BCUT2D eigenvalue weighted by Gasteiger charge is -2.14. The molecule has 0 saturated heterocycles. The second-order valence-electron chi connectivity index (χ2n) is 7.39. The highest BCUT2D eigenvalue weighted by Gasteiger charge is 2.08. The highest BCUT2D eigenvalue weighted by Crippen LogP contribution is 2.22. The van der Waals surface area contributed by atoms with Crippen molar-refractivity contribution in [3.63, 3.8) is 0 Å². The van der Waals surface area contributed by atoms with Crippen LogP contribution in [0.2, 0.25) is 0 Å². The van der Waals surface area contributed by atoms with Crippen LogP contribution in [-0.4, -0.2) is 0 Å². The Morgan fingerprint density at radius 1 is 0.625 bits per heavy atom. The van der Waals surface area contributed by atoms with Gasteiger partial charge in [0.05, 0.1) is 0 Å². The van der Waals surface area contributed by atoms with Crippen LogP contribution in [0.25, 0.3) is 0 Å². The van der Waals surface area contributed by atoms with E-state index in [9.17, 15) is 0 Å². The molecule has 1 radical (unpaired) electrons. The number of hydrogen-bond donors (Lipinski definition) is 0. The average Bonchev–Trinajstić information content (AvgIpc) is 2.61. The second kappa shape index (κ2) is 14.6. The highest BCUT2D eigenvalue weighted by atomic mass is 14.1. The van der Waals surface area contributed by atoms with Crippen LogP contribution in [0, 0.1) is 6.07 Å². The minimum absolute atomic E-state index is 1.24. The van der Waals surface area contributed by atoms with Gasteiger partial charge in [-0.05, 0) is 61.3 Å². The van der Waals surface area contributed by atoms with E-state index in [1.807, 2.05) is 0 Å². The fraction of sp³-hybridized carbons (Fsp3) is 0.750. The maximum Gasteiger partial charge on any atom is -0.0146 e. The van der Waals surface area contributed by atoms with Gasteiger partial charge >= 0.3 is 0 Å². The topological polar surface area (TPSA) is 0 Å². The summed E-state index contributed by atoms with van der Waals surface area (Å²) >= 11 is 0. The van der Waals surface area contributed by atoms with E-state index in [0.717, 1.165) is 0 Å². The summed E-state index contributed by atoms with van der Waals surface area (Å²) in [7, 11) is 0. The highest BCUT2D eigenvalue weighted by molar-refractivity contribution is 5.35. The van der Waals surface area contributed by atoms with Crippen LogP contribution >= 0.6 is 0 Å². The number of hydrogen-bond acceptors (Lipinski definition) is 0. The molecule has 0 aromatic heterocycles. The lowest BCUT2D eigenvalue weighted by Crippen LogP contribution is -2.02. The lowest BCUT2D eigenvalue weighted by atomic mass is 9.91. The van der Waals surface area contributed by atoms with Gasteiger partial charge in [-0.1, -0.05) is 90.7 Å². The van der Waals surface area contributed by atoms with Crippen molar-refractivity contribution in [3.05, 3.63) is 34.9 Å². The van der Waals surface area contributed by atoms with Crippen LogP contribution in [0.1, 0.15) is 115 Å². The van der Waals surface area contributed by atoms with Crippen LogP contribution in [0.15, 0.2) is 12.1 Å². The molecular formula is C24H41. The third-order valence-corrected chi connectivity index (χ3v) is 5.15. The van der Waals surface area contributed by atoms with E-state index < -0.39 is 0 Å². The van der Waals surface area contributed by atoms with E-state index in [1.54, 1.807) is 11.1 Å². The maximum absolute atomic E-state index is 3.58. The Hall–Kier alpha value is -0.780. The Morgan fingerprint density at radius 3 is 1.88 bits per heavy atom. The zero-order chi connectivity index (χ0) is 17.5. The molecule has 0 heteroatoms. The summed E-state index contributed by atoms with van der Waals surface area (Å²) in [6.07, 6.45) is 20.2. The summed E-state index contributed by atoms with van der Waals surface area (Å²) in [5, 5.41) is 0. The Bertz CT molecular complexity index is 404. The van der Waals surface area contributed by atoms with Gasteiger partial charge in [-0.3, -0.25) is 0 Å². The van der Waals surface area contributed by atoms with E-state index >= 15 is 0 Å². The molecule has 0 nitrogen and oxygen atoms in total. The fourth-order valence-corrected chi connectivity index (χ4v) is 3.55. The maximum atomic E-state index is 3.58. The minimum atomic E-state index is 1.24. The molecule has 0 bridgehead atoms. The normalized spacial score (nSPS) is 11.1. The first-order chi connectivity index (χ1) is 11.8. The van der Waals surface area contributed by atoms with Crippen molar-refractivity contribution >= 4 is 0 Å². The first-order valence-electron chi connectivity index (χ1n) is 10.8. The summed E-state index contributed by atoms with van der Waals surface area (Å²) in [6.45, 7) is 6.89. The van der Waals surface area contributed by atoms with E-state index in [2.05, 4.69) is 39.0 Å². The number of benzene rings is 1. The average molecular weight is 330 g/mol. The first-order valence-corrected chi connectivity index (χ1v) is 10.8. The van der Waals surface area contributed by atoms with Crippen molar-refractivity contribution in [1.29, 1.82) is 0 Å². The smallest absolute Gasteiger partial charge is 0.0146 e. The molecule has 0 N–H and O–H groups in total. The van der Waals surface area contributed by atoms with Crippen molar-refractivity contribution in [2.45, 2.75) is 117 Å². The van der Waals surface area contributed by atoms with Crippen LogP contribution in [0.5, 0.6) is 0 Å². The molecule has 0 amide bonds. The van der Waals surface area contributed by atoms with Gasteiger partial charge in [0.2, 0.25) is 0 Å². The summed E-state index contributed by atoms with van der Waals surface area (Å²) < 4.78 is 0. The molecule has 1 rings (SSSR count). The molecule has 137 valence electrons. The molecule has 0 aliphatic heterocycles. The van der Waals surface area contributed by atoms with Crippen molar-refractivity contribution < 1.29 is 0 Å². The Balaban J connectivity index is 2.44. The molecule has 1 aromatic rings. The van der Waals surface area contributed by atoms with Gasteiger partial charge in [0.1, 0.15) is 0 Å². The fourth-order valence-electron chi connectivity index (χ4n) is 3.55. The van der Waals surface area contributed by atoms with Gasteiger partial charge in [0.15, 0.2) is 0 Å². The largest absolute Gasteiger partial charge is 0.0654 e. The van der Waals surface area contributed by atoms with E-state index in [1.165, 1.54) is 102 Å². The molecule has 0 saturated carbocycles. The Labute approximate surface area is 152 Å². The molecule has 24 heavy (non-hydrogen) atoms. The molecule has 0 heterocycles. The molecule has 1 aromatic carbocycles. The van der Waals surface area contributed by atoms with Crippen molar-refractivity contribution in [2.24, 2.45) is 0 Å². The summed E-state index contributed by atoms with van der Waals surface area (Å²) in [4.78, 5) is 0. The summed E-state index contributed by atoms with van der Waals surface area (Å²) in [6, 6.07) is 8.09. The molecule has 0 atom stereocenters. The van der Waals surface area contributed by atoms with Gasteiger partial charge in [0.25, 0.3) is 0 Å². The number of rotatable bonds is 15. The van der Waals surface area contributed by atoms with Gasteiger partial charge < -0.3 is 0 Å². The first kappa shape index (κ1) is 21.3. The SMILES string of the molecule is CCCCCCCCCCc1[c]ccc(CCCC)c1CCCC. The van der Waals surface area contributed by atoms with Crippen molar-refractivity contribution in [2.75, 3.05) is 0 Å². The predicted octanol–water partition coefficient (Wildman–Crippen LogP) is 7.86.